The lowest BCUT2D eigenvalue weighted by Gasteiger charge is -2.17. The van der Waals surface area contributed by atoms with Crippen LogP contribution in [-0.4, -0.2) is 15.0 Å². The molecule has 2 radical (unpaired) electrons. The first-order valence-electron chi connectivity index (χ1n) is 11.4. The molecule has 0 aromatic heterocycles. The molecule has 5 rings (SSSR count). The number of nitrogens with zero attached hydrogens (tertiary/aromatic N) is 5. The van der Waals surface area contributed by atoms with Crippen molar-refractivity contribution in [1.29, 1.82) is 0 Å². The van der Waals surface area contributed by atoms with Gasteiger partial charge in [0.15, 0.2) is 0 Å². The van der Waals surface area contributed by atoms with Crippen molar-refractivity contribution in [2.24, 2.45) is 20.5 Å². The number of aryl methyl sites for hydroxylation is 2. The molecule has 0 saturated heterocycles. The maximum Gasteiger partial charge on any atom is 0.226 e. The van der Waals surface area contributed by atoms with Crippen LogP contribution in [0.5, 0.6) is 0 Å². The average Bonchev–Trinajstić information content (AvgIpc) is 2.87. The minimum Gasteiger partial charge on any atom is -0.427 e. The van der Waals surface area contributed by atoms with Gasteiger partial charge < -0.3 is 4.81 Å². The summed E-state index contributed by atoms with van der Waals surface area (Å²) in [5.41, 5.74) is 6.22. The molecule has 5 nitrogen and oxygen atoms in total. The highest BCUT2D eigenvalue weighted by Crippen LogP contribution is 2.36. The number of anilines is 1. The molecule has 5 aromatic rings. The SMILES string of the molecule is [B]N(C)c1cc(C)c(N=Nc2ccc(N=Nc3ccc4ccccc4c3)c3ccccc23)cc1C. The fraction of sp³-hybridized carbons (Fsp3) is 0.103. The molecule has 0 aliphatic heterocycles. The first-order chi connectivity index (χ1) is 17.0. The summed E-state index contributed by atoms with van der Waals surface area (Å²) in [6.07, 6.45) is 0. The molecule has 0 aliphatic rings. The van der Waals surface area contributed by atoms with Gasteiger partial charge in [-0.15, -0.1) is 10.2 Å². The fourth-order valence-electron chi connectivity index (χ4n) is 4.17. The maximum absolute atomic E-state index is 5.92. The molecule has 0 unspecified atom stereocenters. The Kier molecular flexibility index (Phi) is 6.11. The lowest BCUT2D eigenvalue weighted by molar-refractivity contribution is 1.19. The highest BCUT2D eigenvalue weighted by molar-refractivity contribution is 6.17. The third-order valence-corrected chi connectivity index (χ3v) is 6.04. The van der Waals surface area contributed by atoms with Crippen molar-refractivity contribution in [2.45, 2.75) is 13.8 Å². The van der Waals surface area contributed by atoms with Crippen LogP contribution in [0, 0.1) is 13.8 Å². The van der Waals surface area contributed by atoms with Gasteiger partial charge in [-0.2, -0.15) is 10.2 Å². The van der Waals surface area contributed by atoms with Gasteiger partial charge in [-0.1, -0.05) is 54.6 Å². The first kappa shape index (κ1) is 22.5. The van der Waals surface area contributed by atoms with Crippen molar-refractivity contribution in [3.63, 3.8) is 0 Å². The Morgan fingerprint density at radius 3 is 1.86 bits per heavy atom. The zero-order chi connectivity index (χ0) is 24.4. The topological polar surface area (TPSA) is 52.7 Å². The molecular formula is C29H24BN5. The second kappa shape index (κ2) is 9.51. The third-order valence-electron chi connectivity index (χ3n) is 6.04. The van der Waals surface area contributed by atoms with Gasteiger partial charge in [-0.25, -0.2) is 0 Å². The van der Waals surface area contributed by atoms with E-state index in [0.717, 1.165) is 55.7 Å². The van der Waals surface area contributed by atoms with Crippen molar-refractivity contribution in [3.8, 4) is 0 Å². The number of benzene rings is 5. The highest BCUT2D eigenvalue weighted by Gasteiger charge is 2.08. The quantitative estimate of drug-likeness (QED) is 0.194. The molecule has 0 heterocycles. The van der Waals surface area contributed by atoms with Crippen molar-refractivity contribution in [1.82, 2.24) is 0 Å². The van der Waals surface area contributed by atoms with E-state index < -0.39 is 0 Å². The van der Waals surface area contributed by atoms with Crippen LogP contribution in [0.2, 0.25) is 0 Å². The van der Waals surface area contributed by atoms with Crippen molar-refractivity contribution in [3.05, 3.63) is 102 Å². The second-order valence-electron chi connectivity index (χ2n) is 8.62. The number of hydrogen-bond acceptors (Lipinski definition) is 5. The van der Waals surface area contributed by atoms with E-state index in [9.17, 15) is 0 Å². The Morgan fingerprint density at radius 2 is 1.17 bits per heavy atom. The highest BCUT2D eigenvalue weighted by atomic mass is 15.1. The molecule has 0 spiro atoms. The summed E-state index contributed by atoms with van der Waals surface area (Å²) in [7, 11) is 7.75. The molecule has 6 heteroatoms. The number of fused-ring (bicyclic) bond motifs is 2. The van der Waals surface area contributed by atoms with Gasteiger partial charge in [0.25, 0.3) is 0 Å². The van der Waals surface area contributed by atoms with Crippen LogP contribution >= 0.6 is 0 Å². The number of hydrogen-bond donors (Lipinski definition) is 0. The van der Waals surface area contributed by atoms with E-state index >= 15 is 0 Å². The molecule has 0 bridgehead atoms. The summed E-state index contributed by atoms with van der Waals surface area (Å²) in [5, 5.41) is 22.5. The zero-order valence-electron chi connectivity index (χ0n) is 20.0. The van der Waals surface area contributed by atoms with Crippen LogP contribution in [0.4, 0.5) is 28.4 Å². The summed E-state index contributed by atoms with van der Waals surface area (Å²) in [4.78, 5) is 1.61. The zero-order valence-corrected chi connectivity index (χ0v) is 20.0. The minimum absolute atomic E-state index is 0.780. The van der Waals surface area contributed by atoms with E-state index in [0.29, 0.717) is 0 Å². The second-order valence-corrected chi connectivity index (χ2v) is 8.62. The maximum atomic E-state index is 5.92. The molecule has 0 aliphatic carbocycles. The molecular weight excluding hydrogens is 429 g/mol. The van der Waals surface area contributed by atoms with Gasteiger partial charge in [-0.05, 0) is 79.2 Å². The van der Waals surface area contributed by atoms with E-state index in [4.69, 9.17) is 7.98 Å². The molecule has 5 aromatic carbocycles. The van der Waals surface area contributed by atoms with E-state index in [1.807, 2.05) is 93.7 Å². The van der Waals surface area contributed by atoms with E-state index in [1.54, 1.807) is 4.81 Å². The smallest absolute Gasteiger partial charge is 0.226 e. The Bertz CT molecular complexity index is 1600. The van der Waals surface area contributed by atoms with Crippen molar-refractivity contribution < 1.29 is 0 Å². The molecule has 0 fully saturated rings. The van der Waals surface area contributed by atoms with Crippen LogP contribution in [0.25, 0.3) is 21.5 Å². The Morgan fingerprint density at radius 1 is 0.571 bits per heavy atom. The predicted octanol–water partition coefficient (Wildman–Crippen LogP) is 8.96. The Labute approximate surface area is 206 Å². The van der Waals surface area contributed by atoms with Gasteiger partial charge in [0.2, 0.25) is 7.98 Å². The van der Waals surface area contributed by atoms with Crippen LogP contribution in [0.15, 0.2) is 111 Å². The summed E-state index contributed by atoms with van der Waals surface area (Å²) in [6, 6.07) is 30.3. The summed E-state index contributed by atoms with van der Waals surface area (Å²) in [5.74, 6) is 0. The third kappa shape index (κ3) is 4.69. The first-order valence-corrected chi connectivity index (χ1v) is 11.4. The lowest BCUT2D eigenvalue weighted by atomic mass is 10.1. The molecule has 0 N–H and O–H groups in total. The van der Waals surface area contributed by atoms with Crippen LogP contribution < -0.4 is 4.81 Å². The summed E-state index contributed by atoms with van der Waals surface area (Å²) < 4.78 is 0. The van der Waals surface area contributed by atoms with Crippen LogP contribution in [0.3, 0.4) is 0 Å². The Hall–Kier alpha value is -4.32. The molecule has 35 heavy (non-hydrogen) atoms. The van der Waals surface area contributed by atoms with Crippen LogP contribution in [-0.2, 0) is 0 Å². The van der Waals surface area contributed by atoms with E-state index in [1.165, 1.54) is 5.39 Å². The van der Waals surface area contributed by atoms with Crippen molar-refractivity contribution in [2.75, 3.05) is 11.9 Å². The minimum atomic E-state index is 0.780. The molecule has 0 saturated carbocycles. The molecule has 0 amide bonds. The normalized spacial score (nSPS) is 11.7. The largest absolute Gasteiger partial charge is 0.427 e. The number of rotatable bonds is 5. The van der Waals surface area contributed by atoms with Gasteiger partial charge >= 0.3 is 0 Å². The van der Waals surface area contributed by atoms with E-state index in [-0.39, 0.29) is 0 Å². The Balaban J connectivity index is 1.48. The average molecular weight is 453 g/mol. The predicted molar refractivity (Wildman–Crippen MR) is 146 cm³/mol. The van der Waals surface area contributed by atoms with Gasteiger partial charge in [0, 0.05) is 16.5 Å². The van der Waals surface area contributed by atoms with Gasteiger partial charge in [-0.3, -0.25) is 0 Å². The fourth-order valence-corrected chi connectivity index (χ4v) is 4.17. The molecule has 0 atom stereocenters. The summed E-state index contributed by atoms with van der Waals surface area (Å²) >= 11 is 0. The monoisotopic (exact) mass is 453 g/mol. The summed E-state index contributed by atoms with van der Waals surface area (Å²) in [6.45, 7) is 4.02. The molecule has 168 valence electrons. The standard InChI is InChI=1S/C29H24BN5/c1-19-17-29(35(3)30)20(2)16-28(19)34-33-27-15-14-26(24-10-6-7-11-25(24)27)32-31-23-13-12-21-8-4-5-9-22(21)18-23/h4-18H,1-3H3. The van der Waals surface area contributed by atoms with Gasteiger partial charge in [0.1, 0.15) is 0 Å². The van der Waals surface area contributed by atoms with Crippen LogP contribution in [0.1, 0.15) is 11.1 Å². The van der Waals surface area contributed by atoms with E-state index in [2.05, 4.69) is 38.7 Å². The lowest BCUT2D eigenvalue weighted by Crippen LogP contribution is -2.12. The van der Waals surface area contributed by atoms with Crippen molar-refractivity contribution >= 4 is 58.0 Å². The number of azo groups is 2. The van der Waals surface area contributed by atoms with Gasteiger partial charge in [0.05, 0.1) is 22.7 Å².